The van der Waals surface area contributed by atoms with Gasteiger partial charge < -0.3 is 14.6 Å². The lowest BCUT2D eigenvalue weighted by Gasteiger charge is -2.27. The summed E-state index contributed by atoms with van der Waals surface area (Å²) in [5, 5.41) is 22.2. The Morgan fingerprint density at radius 3 is 2.84 bits per heavy atom. The number of aromatic nitrogens is 5. The Labute approximate surface area is 142 Å². The van der Waals surface area contributed by atoms with Crippen LogP contribution in [-0.4, -0.2) is 47.0 Å². The molecule has 1 N–H and O–H groups in total. The average Bonchev–Trinajstić information content (AvgIpc) is 3.17. The van der Waals surface area contributed by atoms with Gasteiger partial charge in [-0.05, 0) is 19.1 Å². The van der Waals surface area contributed by atoms with E-state index in [-0.39, 0.29) is 23.7 Å². The fraction of sp³-hybridized carbons (Fsp3) is 0.250. The maximum Gasteiger partial charge on any atom is 0.278 e. The van der Waals surface area contributed by atoms with Crippen LogP contribution in [0.2, 0.25) is 0 Å². The van der Waals surface area contributed by atoms with Crippen molar-refractivity contribution < 1.29 is 14.3 Å². The Bertz CT molecular complexity index is 963. The van der Waals surface area contributed by atoms with Crippen LogP contribution in [0.3, 0.4) is 0 Å². The van der Waals surface area contributed by atoms with E-state index in [1.54, 1.807) is 12.1 Å². The van der Waals surface area contributed by atoms with Gasteiger partial charge in [0.25, 0.3) is 5.91 Å². The van der Waals surface area contributed by atoms with Gasteiger partial charge in [-0.25, -0.2) is 9.07 Å². The molecule has 1 aromatic carbocycles. The summed E-state index contributed by atoms with van der Waals surface area (Å²) in [5.74, 6) is 0.264. The second-order valence-electron chi connectivity index (χ2n) is 5.80. The molecule has 2 aromatic heterocycles. The number of para-hydroxylation sites is 1. The standard InChI is InChI=1S/C16H15FN6O2/c1-10-18-19-14-9-21(6-7-22(10)14)16(25)15-13(24)8-23(20-15)12-5-3-2-4-11(12)17/h2-5,8,24H,6-7,9H2,1H3. The van der Waals surface area contributed by atoms with Crippen molar-refractivity contribution >= 4 is 5.91 Å². The van der Waals surface area contributed by atoms with Crippen molar-refractivity contribution in [3.63, 3.8) is 0 Å². The summed E-state index contributed by atoms with van der Waals surface area (Å²) in [5.41, 5.74) is 0.0406. The Hall–Kier alpha value is -3.23. The third-order valence-corrected chi connectivity index (χ3v) is 4.22. The molecule has 0 unspecified atom stereocenters. The number of hydrogen-bond donors (Lipinski definition) is 1. The molecule has 0 atom stereocenters. The predicted molar refractivity (Wildman–Crippen MR) is 84.7 cm³/mol. The second-order valence-corrected chi connectivity index (χ2v) is 5.80. The summed E-state index contributed by atoms with van der Waals surface area (Å²) in [6.07, 6.45) is 1.22. The van der Waals surface area contributed by atoms with Crippen LogP contribution < -0.4 is 0 Å². The number of carbonyl (C=O) groups excluding carboxylic acids is 1. The molecule has 1 aliphatic rings. The summed E-state index contributed by atoms with van der Waals surface area (Å²) < 4.78 is 17.0. The van der Waals surface area contributed by atoms with Gasteiger partial charge >= 0.3 is 0 Å². The van der Waals surface area contributed by atoms with Gasteiger partial charge in [0.1, 0.15) is 17.3 Å². The van der Waals surface area contributed by atoms with Crippen LogP contribution in [0.25, 0.3) is 5.69 Å². The van der Waals surface area contributed by atoms with E-state index in [2.05, 4.69) is 15.3 Å². The highest BCUT2D eigenvalue weighted by molar-refractivity contribution is 5.94. The highest BCUT2D eigenvalue weighted by Crippen LogP contribution is 2.23. The Balaban J connectivity index is 1.62. The zero-order chi connectivity index (χ0) is 17.6. The maximum atomic E-state index is 13.9. The molecule has 0 fully saturated rings. The van der Waals surface area contributed by atoms with E-state index < -0.39 is 11.7 Å². The summed E-state index contributed by atoms with van der Waals surface area (Å²) in [7, 11) is 0. The van der Waals surface area contributed by atoms with Crippen molar-refractivity contribution in [2.24, 2.45) is 0 Å². The van der Waals surface area contributed by atoms with Crippen LogP contribution in [-0.2, 0) is 13.1 Å². The molecule has 3 heterocycles. The number of nitrogens with zero attached hydrogens (tertiary/aromatic N) is 6. The van der Waals surface area contributed by atoms with Crippen molar-refractivity contribution in [2.45, 2.75) is 20.0 Å². The molecule has 9 heteroatoms. The zero-order valence-corrected chi connectivity index (χ0v) is 13.4. The molecule has 0 aliphatic carbocycles. The minimum absolute atomic E-state index is 0.118. The van der Waals surface area contributed by atoms with Gasteiger partial charge in [-0.15, -0.1) is 10.2 Å². The van der Waals surface area contributed by atoms with E-state index in [9.17, 15) is 14.3 Å². The third-order valence-electron chi connectivity index (χ3n) is 4.22. The number of carbonyl (C=O) groups is 1. The lowest BCUT2D eigenvalue weighted by molar-refractivity contribution is 0.0697. The largest absolute Gasteiger partial charge is 0.504 e. The van der Waals surface area contributed by atoms with Crippen molar-refractivity contribution in [1.82, 2.24) is 29.4 Å². The number of rotatable bonds is 2. The first kappa shape index (κ1) is 15.3. The lowest BCUT2D eigenvalue weighted by Crippen LogP contribution is -2.38. The Morgan fingerprint density at radius 1 is 1.24 bits per heavy atom. The summed E-state index contributed by atoms with van der Waals surface area (Å²) in [6, 6.07) is 6.01. The molecular weight excluding hydrogens is 327 g/mol. The fourth-order valence-electron chi connectivity index (χ4n) is 2.90. The topological polar surface area (TPSA) is 89.1 Å². The molecule has 0 saturated carbocycles. The van der Waals surface area contributed by atoms with Crippen LogP contribution >= 0.6 is 0 Å². The molecule has 0 spiro atoms. The minimum atomic E-state index is -0.495. The summed E-state index contributed by atoms with van der Waals surface area (Å²) in [4.78, 5) is 14.2. The van der Waals surface area contributed by atoms with Crippen LogP contribution in [0.15, 0.2) is 30.5 Å². The van der Waals surface area contributed by atoms with Gasteiger partial charge in [0, 0.05) is 13.1 Å². The number of aryl methyl sites for hydroxylation is 1. The number of fused-ring (bicyclic) bond motifs is 1. The molecule has 1 amide bonds. The SMILES string of the molecule is Cc1nnc2n1CCN(C(=O)c1nn(-c3ccccc3F)cc1O)C2. The van der Waals surface area contributed by atoms with Crippen LogP contribution in [0.1, 0.15) is 22.1 Å². The maximum absolute atomic E-state index is 13.9. The van der Waals surface area contributed by atoms with E-state index in [1.807, 2.05) is 11.5 Å². The van der Waals surface area contributed by atoms with Crippen molar-refractivity contribution in [3.05, 3.63) is 53.6 Å². The molecule has 4 rings (SSSR count). The first-order valence-electron chi connectivity index (χ1n) is 7.76. The van der Waals surface area contributed by atoms with E-state index in [4.69, 9.17) is 0 Å². The molecule has 128 valence electrons. The van der Waals surface area contributed by atoms with Crippen molar-refractivity contribution in [2.75, 3.05) is 6.54 Å². The van der Waals surface area contributed by atoms with E-state index in [1.165, 1.54) is 23.2 Å². The van der Waals surface area contributed by atoms with Gasteiger partial charge in [-0.3, -0.25) is 4.79 Å². The highest BCUT2D eigenvalue weighted by atomic mass is 19.1. The molecule has 25 heavy (non-hydrogen) atoms. The van der Waals surface area contributed by atoms with Gasteiger partial charge in [0.15, 0.2) is 17.3 Å². The van der Waals surface area contributed by atoms with Crippen molar-refractivity contribution in [3.8, 4) is 11.4 Å². The van der Waals surface area contributed by atoms with Crippen LogP contribution in [0.4, 0.5) is 4.39 Å². The number of aromatic hydroxyl groups is 1. The predicted octanol–water partition coefficient (Wildman–Crippen LogP) is 1.27. The highest BCUT2D eigenvalue weighted by Gasteiger charge is 2.28. The van der Waals surface area contributed by atoms with Gasteiger partial charge in [-0.2, -0.15) is 5.10 Å². The van der Waals surface area contributed by atoms with E-state index in [0.29, 0.717) is 18.9 Å². The minimum Gasteiger partial charge on any atom is -0.504 e. The molecular formula is C16H15FN6O2. The molecule has 0 radical (unpaired) electrons. The number of hydrogen-bond acceptors (Lipinski definition) is 5. The lowest BCUT2D eigenvalue weighted by atomic mass is 10.3. The monoisotopic (exact) mass is 342 g/mol. The summed E-state index contributed by atoms with van der Waals surface area (Å²) in [6.45, 7) is 3.17. The Morgan fingerprint density at radius 2 is 2.04 bits per heavy atom. The smallest absolute Gasteiger partial charge is 0.278 e. The first-order chi connectivity index (χ1) is 12.0. The number of benzene rings is 1. The quantitative estimate of drug-likeness (QED) is 0.758. The molecule has 8 nitrogen and oxygen atoms in total. The normalized spacial score (nSPS) is 13.8. The zero-order valence-electron chi connectivity index (χ0n) is 13.4. The first-order valence-corrected chi connectivity index (χ1v) is 7.76. The third kappa shape index (κ3) is 2.53. The fourth-order valence-corrected chi connectivity index (χ4v) is 2.90. The molecule has 1 aliphatic heterocycles. The number of halogens is 1. The second kappa shape index (κ2) is 5.69. The van der Waals surface area contributed by atoms with Crippen LogP contribution in [0, 0.1) is 12.7 Å². The Kier molecular flexibility index (Phi) is 3.48. The average molecular weight is 342 g/mol. The van der Waals surface area contributed by atoms with Gasteiger partial charge in [0.2, 0.25) is 0 Å². The molecule has 3 aromatic rings. The van der Waals surface area contributed by atoms with E-state index >= 15 is 0 Å². The van der Waals surface area contributed by atoms with Crippen molar-refractivity contribution in [1.29, 1.82) is 0 Å². The molecule has 0 bridgehead atoms. The number of amides is 1. The summed E-state index contributed by atoms with van der Waals surface area (Å²) >= 11 is 0. The molecule has 0 saturated heterocycles. The van der Waals surface area contributed by atoms with Gasteiger partial charge in [0.05, 0.1) is 12.7 Å². The van der Waals surface area contributed by atoms with E-state index in [0.717, 1.165) is 10.5 Å². The van der Waals surface area contributed by atoms with Gasteiger partial charge in [-0.1, -0.05) is 12.1 Å². The van der Waals surface area contributed by atoms with Crippen LogP contribution in [0.5, 0.6) is 5.75 Å².